The Morgan fingerprint density at radius 3 is 2.04 bits per heavy atom. The Hall–Kier alpha value is -3.42. The molecule has 3 aromatic rings. The molecule has 0 bridgehead atoms. The molecule has 0 aliphatic heterocycles. The number of hydrogen-bond acceptors (Lipinski definition) is 4. The van der Waals surface area contributed by atoms with Gasteiger partial charge in [0.2, 0.25) is 0 Å². The molecule has 0 aliphatic rings. The summed E-state index contributed by atoms with van der Waals surface area (Å²) >= 11 is 0. The maximum absolute atomic E-state index is 12.7. The molecule has 0 atom stereocenters. The molecule has 134 valence electrons. The lowest BCUT2D eigenvalue weighted by molar-refractivity contribution is 0.101. The first-order valence-electron chi connectivity index (χ1n) is 8.07. The lowest BCUT2D eigenvalue weighted by Crippen LogP contribution is -2.20. The summed E-state index contributed by atoms with van der Waals surface area (Å²) in [5.41, 5.74) is 3.61. The van der Waals surface area contributed by atoms with Crippen LogP contribution in [0.5, 0.6) is 0 Å². The Labute approximate surface area is 150 Å². The molecule has 2 aromatic heterocycles. The second kappa shape index (κ2) is 6.83. The Morgan fingerprint density at radius 2 is 1.42 bits per heavy atom. The smallest absolute Gasteiger partial charge is 0.276 e. The number of carbonyl (C=O) groups excluding carboxylic acids is 2. The molecule has 0 saturated carbocycles. The monoisotopic (exact) mass is 352 g/mol. The van der Waals surface area contributed by atoms with E-state index in [9.17, 15) is 9.59 Å². The van der Waals surface area contributed by atoms with Gasteiger partial charge in [-0.3, -0.25) is 19.0 Å². The lowest BCUT2D eigenvalue weighted by Gasteiger charge is -2.09. The zero-order chi connectivity index (χ0) is 18.8. The van der Waals surface area contributed by atoms with E-state index < -0.39 is 0 Å². The highest BCUT2D eigenvalue weighted by atomic mass is 16.2. The lowest BCUT2D eigenvalue weighted by atomic mass is 10.1. The topological polar surface area (TPSA) is 93.8 Å². The summed E-state index contributed by atoms with van der Waals surface area (Å²) in [4.78, 5) is 25.1. The first kappa shape index (κ1) is 17.4. The van der Waals surface area contributed by atoms with Gasteiger partial charge in [-0.25, -0.2) is 0 Å². The van der Waals surface area contributed by atoms with Crippen LogP contribution in [0.2, 0.25) is 0 Å². The van der Waals surface area contributed by atoms with Crippen LogP contribution in [0.25, 0.3) is 0 Å². The highest BCUT2D eigenvalue weighted by molar-refractivity contribution is 6.11. The number of hydrogen-bond donors (Lipinski definition) is 2. The molecule has 0 spiro atoms. The van der Waals surface area contributed by atoms with Gasteiger partial charge in [-0.2, -0.15) is 10.2 Å². The molecule has 3 rings (SSSR count). The van der Waals surface area contributed by atoms with Crippen LogP contribution in [0.4, 0.5) is 11.4 Å². The molecule has 0 radical (unpaired) electrons. The minimum atomic E-state index is -0.375. The van der Waals surface area contributed by atoms with E-state index in [1.54, 1.807) is 37.1 Å². The number of nitrogens with zero attached hydrogens (tertiary/aromatic N) is 4. The van der Waals surface area contributed by atoms with Crippen LogP contribution in [-0.4, -0.2) is 31.4 Å². The predicted octanol–water partition coefficient (Wildman–Crippen LogP) is 2.28. The van der Waals surface area contributed by atoms with E-state index in [1.807, 2.05) is 26.0 Å². The molecule has 1 aromatic carbocycles. The average molecular weight is 352 g/mol. The standard InChI is InChI=1S/C18H20N6O2/c1-11-5-7-13(8-6-11)17(25)22-15-10-20-24(4)16(15)18(26)21-14-9-19-23(3)12(14)2/h5-10H,1-4H3,(H,21,26)(H,22,25). The van der Waals surface area contributed by atoms with Gasteiger partial charge in [-0.1, -0.05) is 17.7 Å². The number of aromatic nitrogens is 4. The van der Waals surface area contributed by atoms with Crippen molar-refractivity contribution < 1.29 is 9.59 Å². The van der Waals surface area contributed by atoms with Gasteiger partial charge in [-0.15, -0.1) is 0 Å². The van der Waals surface area contributed by atoms with Gasteiger partial charge in [0.1, 0.15) is 5.69 Å². The molecule has 8 nitrogen and oxygen atoms in total. The molecule has 2 amide bonds. The molecule has 0 aliphatic carbocycles. The summed E-state index contributed by atoms with van der Waals surface area (Å²) in [6.45, 7) is 3.80. The number of amides is 2. The van der Waals surface area contributed by atoms with E-state index in [1.165, 1.54) is 10.9 Å². The van der Waals surface area contributed by atoms with Crippen molar-refractivity contribution in [1.82, 2.24) is 19.6 Å². The molecule has 0 unspecified atom stereocenters. The molecular weight excluding hydrogens is 332 g/mol. The fourth-order valence-electron chi connectivity index (χ4n) is 2.50. The first-order chi connectivity index (χ1) is 12.4. The largest absolute Gasteiger partial charge is 0.319 e. The normalized spacial score (nSPS) is 10.6. The number of carbonyl (C=O) groups is 2. The van der Waals surface area contributed by atoms with Crippen LogP contribution >= 0.6 is 0 Å². The maximum atomic E-state index is 12.7. The Balaban J connectivity index is 1.82. The highest BCUT2D eigenvalue weighted by Gasteiger charge is 2.20. The van der Waals surface area contributed by atoms with Crippen molar-refractivity contribution >= 4 is 23.2 Å². The van der Waals surface area contributed by atoms with Gasteiger partial charge in [-0.05, 0) is 26.0 Å². The maximum Gasteiger partial charge on any atom is 0.276 e. The predicted molar refractivity (Wildman–Crippen MR) is 98.2 cm³/mol. The molecule has 8 heteroatoms. The van der Waals surface area contributed by atoms with E-state index in [2.05, 4.69) is 20.8 Å². The summed E-state index contributed by atoms with van der Waals surface area (Å²) in [6.07, 6.45) is 3.03. The van der Waals surface area contributed by atoms with Gasteiger partial charge in [0.05, 0.1) is 29.5 Å². The molecule has 0 saturated heterocycles. The third-order valence-corrected chi connectivity index (χ3v) is 4.20. The van der Waals surface area contributed by atoms with E-state index in [-0.39, 0.29) is 17.5 Å². The summed E-state index contributed by atoms with van der Waals surface area (Å²) in [6, 6.07) is 7.19. The van der Waals surface area contributed by atoms with Crippen molar-refractivity contribution in [2.45, 2.75) is 13.8 Å². The van der Waals surface area contributed by atoms with Crippen LogP contribution in [-0.2, 0) is 14.1 Å². The summed E-state index contributed by atoms with van der Waals surface area (Å²) < 4.78 is 3.09. The summed E-state index contributed by atoms with van der Waals surface area (Å²) in [5, 5.41) is 13.7. The van der Waals surface area contributed by atoms with Crippen LogP contribution in [0.1, 0.15) is 32.1 Å². The number of anilines is 2. The first-order valence-corrected chi connectivity index (χ1v) is 8.07. The molecular formula is C18H20N6O2. The fraction of sp³-hybridized carbons (Fsp3) is 0.222. The minimum Gasteiger partial charge on any atom is -0.319 e. The third-order valence-electron chi connectivity index (χ3n) is 4.20. The van der Waals surface area contributed by atoms with Gasteiger partial charge in [0.15, 0.2) is 0 Å². The SMILES string of the molecule is Cc1ccc(C(=O)Nc2cnn(C)c2C(=O)Nc2cnn(C)c2C)cc1. The Bertz CT molecular complexity index is 968. The van der Waals surface area contributed by atoms with Gasteiger partial charge in [0, 0.05) is 19.7 Å². The van der Waals surface area contributed by atoms with Crippen LogP contribution in [0.15, 0.2) is 36.7 Å². The van der Waals surface area contributed by atoms with Gasteiger partial charge in [0.25, 0.3) is 11.8 Å². The number of nitrogens with one attached hydrogen (secondary N) is 2. The van der Waals surface area contributed by atoms with Crippen LogP contribution in [0.3, 0.4) is 0 Å². The summed E-state index contributed by atoms with van der Waals surface area (Å²) in [7, 11) is 3.44. The van der Waals surface area contributed by atoms with Crippen molar-refractivity contribution in [3.8, 4) is 0 Å². The Kier molecular flexibility index (Phi) is 4.57. The zero-order valence-corrected chi connectivity index (χ0v) is 15.1. The van der Waals surface area contributed by atoms with Crippen LogP contribution < -0.4 is 10.6 Å². The highest BCUT2D eigenvalue weighted by Crippen LogP contribution is 2.19. The molecule has 0 fully saturated rings. The average Bonchev–Trinajstić information content (AvgIpc) is 3.12. The van der Waals surface area contributed by atoms with Crippen molar-refractivity contribution in [3.63, 3.8) is 0 Å². The summed E-state index contributed by atoms with van der Waals surface area (Å²) in [5.74, 6) is -0.676. The molecule has 2 heterocycles. The van der Waals surface area contributed by atoms with Gasteiger partial charge >= 0.3 is 0 Å². The number of aryl methyl sites for hydroxylation is 3. The Morgan fingerprint density at radius 1 is 0.846 bits per heavy atom. The van der Waals surface area contributed by atoms with E-state index in [4.69, 9.17) is 0 Å². The quantitative estimate of drug-likeness (QED) is 0.753. The second-order valence-corrected chi connectivity index (χ2v) is 6.07. The zero-order valence-electron chi connectivity index (χ0n) is 15.1. The molecule has 2 N–H and O–H groups in total. The van der Waals surface area contributed by atoms with Crippen molar-refractivity contribution in [3.05, 3.63) is 59.2 Å². The third kappa shape index (κ3) is 3.34. The van der Waals surface area contributed by atoms with Gasteiger partial charge < -0.3 is 10.6 Å². The van der Waals surface area contributed by atoms with Crippen molar-refractivity contribution in [1.29, 1.82) is 0 Å². The fourth-order valence-corrected chi connectivity index (χ4v) is 2.50. The van der Waals surface area contributed by atoms with Crippen molar-refractivity contribution in [2.75, 3.05) is 10.6 Å². The second-order valence-electron chi connectivity index (χ2n) is 6.07. The van der Waals surface area contributed by atoms with E-state index in [0.29, 0.717) is 16.9 Å². The van der Waals surface area contributed by atoms with E-state index in [0.717, 1.165) is 11.3 Å². The minimum absolute atomic E-state index is 0.258. The van der Waals surface area contributed by atoms with Crippen LogP contribution in [0, 0.1) is 13.8 Å². The number of rotatable bonds is 4. The number of benzene rings is 1. The van der Waals surface area contributed by atoms with E-state index >= 15 is 0 Å². The molecule has 26 heavy (non-hydrogen) atoms. The van der Waals surface area contributed by atoms with Crippen molar-refractivity contribution in [2.24, 2.45) is 14.1 Å².